The van der Waals surface area contributed by atoms with Crippen molar-refractivity contribution in [3.63, 3.8) is 0 Å². The van der Waals surface area contributed by atoms with Gasteiger partial charge in [0, 0.05) is 23.5 Å². The van der Waals surface area contributed by atoms with Crippen LogP contribution < -0.4 is 5.56 Å². The van der Waals surface area contributed by atoms with E-state index in [0.717, 1.165) is 10.4 Å². The number of esters is 1. The molecule has 0 saturated heterocycles. The number of benzene rings is 1. The molecule has 2 aromatic heterocycles. The third-order valence-corrected chi connectivity index (χ3v) is 5.08. The summed E-state index contributed by atoms with van der Waals surface area (Å²) in [4.78, 5) is 40.7. The Hall–Kier alpha value is -3.38. The van der Waals surface area contributed by atoms with Crippen molar-refractivity contribution in [2.45, 2.75) is 19.3 Å². The zero-order chi connectivity index (χ0) is 20.3. The van der Waals surface area contributed by atoms with Crippen molar-refractivity contribution in [2.75, 3.05) is 6.61 Å². The molecule has 1 atom stereocenters. The summed E-state index contributed by atoms with van der Waals surface area (Å²) < 4.78 is 6.21. The molecule has 0 unspecified atom stereocenters. The number of hydrogen-bond acceptors (Lipinski definition) is 8. The van der Waals surface area contributed by atoms with Gasteiger partial charge in [0.05, 0.1) is 23.6 Å². The second-order valence-corrected chi connectivity index (χ2v) is 7.00. The smallest absolute Gasteiger partial charge is 0.312 e. The van der Waals surface area contributed by atoms with Crippen LogP contribution in [0.5, 0.6) is 0 Å². The summed E-state index contributed by atoms with van der Waals surface area (Å²) in [6, 6.07) is 8.73. The van der Waals surface area contributed by atoms with Crippen LogP contribution >= 0.6 is 11.3 Å². The van der Waals surface area contributed by atoms with Crippen molar-refractivity contribution >= 4 is 33.9 Å². The maximum absolute atomic E-state index is 12.3. The van der Waals surface area contributed by atoms with Gasteiger partial charge in [0.1, 0.15) is 5.01 Å². The Morgan fingerprint density at radius 3 is 2.68 bits per heavy atom. The number of ether oxygens (including phenoxy) is 1. The van der Waals surface area contributed by atoms with Gasteiger partial charge in [0.2, 0.25) is 0 Å². The molecule has 142 valence electrons. The molecule has 0 aliphatic rings. The van der Waals surface area contributed by atoms with Crippen LogP contribution in [-0.4, -0.2) is 33.1 Å². The normalized spacial score (nSPS) is 11.8. The van der Waals surface area contributed by atoms with Gasteiger partial charge in [0.15, 0.2) is 18.3 Å². The predicted molar refractivity (Wildman–Crippen MR) is 102 cm³/mol. The number of aromatic nitrogens is 3. The molecule has 1 aromatic carbocycles. The number of nitriles is 1. The van der Waals surface area contributed by atoms with Crippen LogP contribution in [0.3, 0.4) is 0 Å². The fraction of sp³-hybridized carbons (Fsp3) is 0.263. The van der Waals surface area contributed by atoms with Gasteiger partial charge in [-0.1, -0.05) is 18.2 Å². The molecule has 0 aliphatic carbocycles. The van der Waals surface area contributed by atoms with Crippen LogP contribution in [0.2, 0.25) is 0 Å². The Bertz CT molecular complexity index is 1160. The summed E-state index contributed by atoms with van der Waals surface area (Å²) in [6.45, 7) is 1.24. The van der Waals surface area contributed by atoms with Crippen LogP contribution in [0.15, 0.2) is 34.4 Å². The average molecular weight is 396 g/mol. The second-order valence-electron chi connectivity index (χ2n) is 6.11. The lowest BCUT2D eigenvalue weighted by molar-refractivity contribution is -0.147. The molecule has 0 amide bonds. The van der Waals surface area contributed by atoms with E-state index in [-0.39, 0.29) is 12.0 Å². The Labute approximate surface area is 164 Å². The van der Waals surface area contributed by atoms with E-state index in [9.17, 15) is 19.6 Å². The lowest BCUT2D eigenvalue weighted by Gasteiger charge is -2.09. The molecule has 9 heteroatoms. The van der Waals surface area contributed by atoms with Crippen LogP contribution in [0.4, 0.5) is 0 Å². The van der Waals surface area contributed by atoms with Crippen molar-refractivity contribution in [2.24, 2.45) is 7.05 Å². The summed E-state index contributed by atoms with van der Waals surface area (Å²) in [7, 11) is 1.50. The number of carbonyl (C=O) groups excluding carboxylic acids is 2. The Balaban J connectivity index is 1.71. The molecule has 3 rings (SSSR count). The minimum absolute atomic E-state index is 0.199. The number of ketones is 1. The van der Waals surface area contributed by atoms with E-state index < -0.39 is 24.3 Å². The zero-order valence-electron chi connectivity index (χ0n) is 15.2. The molecular weight excluding hydrogens is 380 g/mol. The van der Waals surface area contributed by atoms with E-state index in [2.05, 4.69) is 10.1 Å². The lowest BCUT2D eigenvalue weighted by Crippen LogP contribution is -2.24. The number of fused-ring (bicyclic) bond motifs is 1. The monoisotopic (exact) mass is 396 g/mol. The number of nitrogens with zero attached hydrogens (tertiary/aromatic N) is 4. The van der Waals surface area contributed by atoms with E-state index in [1.807, 2.05) is 6.07 Å². The lowest BCUT2D eigenvalue weighted by atomic mass is 10.1. The second kappa shape index (κ2) is 8.10. The third-order valence-electron chi connectivity index (χ3n) is 4.05. The minimum atomic E-state index is -1.07. The molecule has 28 heavy (non-hydrogen) atoms. The molecule has 0 aliphatic heterocycles. The van der Waals surface area contributed by atoms with Gasteiger partial charge in [0.25, 0.3) is 5.56 Å². The maximum Gasteiger partial charge on any atom is 0.312 e. The highest BCUT2D eigenvalue weighted by Crippen LogP contribution is 2.21. The standard InChI is InChI=1S/C19H16N4O4S/c1-11-10-28-18(21-11)14(8-20)16(24)9-27-17(25)7-15-12-5-3-4-6-13(12)19(26)23(2)22-15/h3-6,10,14H,7,9H2,1-2H3/t14-/m0/s1. The van der Waals surface area contributed by atoms with Gasteiger partial charge in [-0.2, -0.15) is 10.4 Å². The molecule has 8 nitrogen and oxygen atoms in total. The summed E-state index contributed by atoms with van der Waals surface area (Å²) >= 11 is 1.21. The fourth-order valence-corrected chi connectivity index (χ4v) is 3.56. The fourth-order valence-electron chi connectivity index (χ4n) is 2.70. The van der Waals surface area contributed by atoms with E-state index in [0.29, 0.717) is 21.5 Å². The Morgan fingerprint density at radius 2 is 2.04 bits per heavy atom. The van der Waals surface area contributed by atoms with Crippen molar-refractivity contribution in [3.05, 3.63) is 56.4 Å². The Morgan fingerprint density at radius 1 is 1.32 bits per heavy atom. The predicted octanol–water partition coefficient (Wildman–Crippen LogP) is 1.66. The average Bonchev–Trinajstić information content (AvgIpc) is 3.11. The number of Topliss-reactive ketones (excluding diaryl/α,β-unsaturated/α-hetero) is 1. The first-order valence-electron chi connectivity index (χ1n) is 8.35. The highest BCUT2D eigenvalue weighted by molar-refractivity contribution is 7.09. The van der Waals surface area contributed by atoms with E-state index in [1.54, 1.807) is 36.6 Å². The number of carbonyl (C=O) groups is 2. The van der Waals surface area contributed by atoms with Gasteiger partial charge in [-0.3, -0.25) is 14.4 Å². The summed E-state index contributed by atoms with van der Waals surface area (Å²) in [5.74, 6) is -2.27. The van der Waals surface area contributed by atoms with Crippen LogP contribution in [-0.2, 0) is 27.8 Å². The molecule has 0 spiro atoms. The topological polar surface area (TPSA) is 115 Å². The van der Waals surface area contributed by atoms with Crippen LogP contribution in [0.25, 0.3) is 10.8 Å². The molecule has 2 heterocycles. The molecule has 0 N–H and O–H groups in total. The maximum atomic E-state index is 12.3. The first-order chi connectivity index (χ1) is 13.4. The van der Waals surface area contributed by atoms with Gasteiger partial charge in [-0.25, -0.2) is 9.67 Å². The summed E-state index contributed by atoms with van der Waals surface area (Å²) in [6.07, 6.45) is -0.199. The van der Waals surface area contributed by atoms with Gasteiger partial charge in [-0.05, 0) is 13.0 Å². The van der Waals surface area contributed by atoms with Gasteiger partial charge >= 0.3 is 5.97 Å². The summed E-state index contributed by atoms with van der Waals surface area (Å²) in [5, 5.41) is 16.5. The largest absolute Gasteiger partial charge is 0.457 e. The van der Waals surface area contributed by atoms with Gasteiger partial charge < -0.3 is 4.74 Å². The van der Waals surface area contributed by atoms with E-state index in [1.165, 1.54) is 18.4 Å². The first-order valence-corrected chi connectivity index (χ1v) is 9.23. The molecule has 0 bridgehead atoms. The number of thiazole rings is 1. The van der Waals surface area contributed by atoms with Crippen molar-refractivity contribution in [3.8, 4) is 6.07 Å². The highest BCUT2D eigenvalue weighted by Gasteiger charge is 2.24. The minimum Gasteiger partial charge on any atom is -0.457 e. The highest BCUT2D eigenvalue weighted by atomic mass is 32.1. The number of hydrogen-bond donors (Lipinski definition) is 0. The zero-order valence-corrected chi connectivity index (χ0v) is 16.0. The van der Waals surface area contributed by atoms with Crippen molar-refractivity contribution < 1.29 is 14.3 Å². The molecular formula is C19H16N4O4S. The third kappa shape index (κ3) is 3.97. The number of aryl methyl sites for hydroxylation is 2. The van der Waals surface area contributed by atoms with Gasteiger partial charge in [-0.15, -0.1) is 11.3 Å². The van der Waals surface area contributed by atoms with E-state index >= 15 is 0 Å². The molecule has 0 radical (unpaired) electrons. The van der Waals surface area contributed by atoms with Crippen LogP contribution in [0, 0.1) is 18.3 Å². The quantitative estimate of drug-likeness (QED) is 0.582. The van der Waals surface area contributed by atoms with Crippen molar-refractivity contribution in [1.29, 1.82) is 5.26 Å². The summed E-state index contributed by atoms with van der Waals surface area (Å²) in [5.41, 5.74) is 0.832. The molecule has 3 aromatic rings. The first kappa shape index (κ1) is 19.4. The van der Waals surface area contributed by atoms with E-state index in [4.69, 9.17) is 4.74 Å². The molecule has 0 saturated carbocycles. The Kier molecular flexibility index (Phi) is 5.61. The SMILES string of the molecule is Cc1csc([C@@H](C#N)C(=O)COC(=O)Cc2nn(C)c(=O)c3ccccc23)n1. The molecule has 0 fully saturated rings. The van der Waals surface area contributed by atoms with Crippen LogP contribution in [0.1, 0.15) is 22.3 Å². The number of rotatable bonds is 6. The van der Waals surface area contributed by atoms with Crippen molar-refractivity contribution in [1.82, 2.24) is 14.8 Å².